The molecule has 44 heavy (non-hydrogen) atoms. The smallest absolute Gasteiger partial charge is 0.407 e. The minimum Gasteiger partial charge on any atom is -0.480 e. The van der Waals surface area contributed by atoms with E-state index in [9.17, 15) is 29.1 Å². The van der Waals surface area contributed by atoms with Crippen molar-refractivity contribution in [2.75, 3.05) is 6.61 Å². The first-order valence-electron chi connectivity index (χ1n) is 14.0. The number of carbonyl (C=O) groups is 5. The van der Waals surface area contributed by atoms with Crippen LogP contribution in [0.1, 0.15) is 51.7 Å². The lowest BCUT2D eigenvalue weighted by Gasteiger charge is -2.44. The molecular formula is C31H35NO12. The van der Waals surface area contributed by atoms with Crippen LogP contribution in [0.4, 0.5) is 4.79 Å². The van der Waals surface area contributed by atoms with Crippen LogP contribution in [0.15, 0.2) is 48.5 Å². The van der Waals surface area contributed by atoms with E-state index in [4.69, 9.17) is 28.4 Å². The van der Waals surface area contributed by atoms with E-state index in [-0.39, 0.29) is 12.5 Å². The van der Waals surface area contributed by atoms with Crippen molar-refractivity contribution in [2.24, 2.45) is 0 Å². The second kappa shape index (κ2) is 13.9. The number of nitrogens with one attached hydrogen (secondary N) is 1. The number of fused-ring (bicyclic) bond motifs is 3. The minimum absolute atomic E-state index is 0.0409. The maximum atomic E-state index is 12.9. The van der Waals surface area contributed by atoms with Crippen LogP contribution in [0.2, 0.25) is 0 Å². The number of aliphatic carboxylic acids is 1. The van der Waals surface area contributed by atoms with E-state index in [1.807, 2.05) is 48.5 Å². The van der Waals surface area contributed by atoms with Crippen LogP contribution < -0.4 is 5.32 Å². The predicted molar refractivity (Wildman–Crippen MR) is 151 cm³/mol. The Morgan fingerprint density at radius 2 is 1.32 bits per heavy atom. The molecule has 2 N–H and O–H groups in total. The number of amides is 1. The van der Waals surface area contributed by atoms with Crippen molar-refractivity contribution in [1.82, 2.24) is 5.32 Å². The Labute approximate surface area is 253 Å². The molecule has 1 aliphatic heterocycles. The highest BCUT2D eigenvalue weighted by Gasteiger charge is 2.52. The maximum absolute atomic E-state index is 12.9. The maximum Gasteiger partial charge on any atom is 0.407 e. The molecule has 1 saturated heterocycles. The van der Waals surface area contributed by atoms with Gasteiger partial charge in [-0.1, -0.05) is 48.5 Å². The van der Waals surface area contributed by atoms with Gasteiger partial charge in [-0.25, -0.2) is 9.59 Å². The molecule has 1 aliphatic carbocycles. The first-order chi connectivity index (χ1) is 20.9. The monoisotopic (exact) mass is 613 g/mol. The van der Waals surface area contributed by atoms with Gasteiger partial charge < -0.3 is 38.8 Å². The SMILES string of the molecule is CC(=O)O[C@H]1[C@H](OC(C)=O)[C@@H](O[C@H](C)[C@H](NC(=O)OCC2c3ccccc3-c3ccccc32)C(=O)O)O[C@@H](C)[C@H]1OC(C)=O. The van der Waals surface area contributed by atoms with Crippen LogP contribution in [0.25, 0.3) is 11.1 Å². The van der Waals surface area contributed by atoms with Gasteiger partial charge >= 0.3 is 30.0 Å². The number of esters is 3. The Kier molecular flexibility index (Phi) is 10.2. The van der Waals surface area contributed by atoms with Gasteiger partial charge in [0.25, 0.3) is 0 Å². The summed E-state index contributed by atoms with van der Waals surface area (Å²) < 4.78 is 33.1. The van der Waals surface area contributed by atoms with Gasteiger partial charge in [0, 0.05) is 26.7 Å². The molecule has 13 heteroatoms. The standard InChI is InChI=1S/C31H35NO12/c1-15(40-30-28(44-19(5)35)27(43-18(4)34)26(16(2)41-30)42-17(3)33)25(29(36)37)32-31(38)39-14-24-22-12-8-6-10-20(22)21-11-7-9-13-23(21)24/h6-13,15-16,24-28,30H,14H2,1-5H3,(H,32,38)(H,36,37)/t15-,16+,25+,26-,27-,28+,30+/m1/s1. The number of alkyl carbamates (subject to hydrolysis) is 1. The summed E-state index contributed by atoms with van der Waals surface area (Å²) in [7, 11) is 0. The molecule has 2 aromatic rings. The van der Waals surface area contributed by atoms with E-state index in [2.05, 4.69) is 5.32 Å². The lowest BCUT2D eigenvalue weighted by atomic mass is 9.98. The number of carbonyl (C=O) groups excluding carboxylic acids is 4. The second-order valence-corrected chi connectivity index (χ2v) is 10.6. The fraction of sp³-hybridized carbons (Fsp3) is 0.452. The van der Waals surface area contributed by atoms with Crippen molar-refractivity contribution in [2.45, 2.75) is 83.4 Å². The summed E-state index contributed by atoms with van der Waals surface area (Å²) in [4.78, 5) is 60.7. The van der Waals surface area contributed by atoms with Crippen LogP contribution in [-0.2, 0) is 47.6 Å². The summed E-state index contributed by atoms with van der Waals surface area (Å²) >= 11 is 0. The van der Waals surface area contributed by atoms with Gasteiger partial charge in [0.2, 0.25) is 0 Å². The zero-order chi connectivity index (χ0) is 32.1. The third kappa shape index (κ3) is 7.34. The van der Waals surface area contributed by atoms with Gasteiger partial charge in [0.15, 0.2) is 30.6 Å². The molecule has 4 rings (SSSR count). The summed E-state index contributed by atoms with van der Waals surface area (Å²) in [6.07, 6.45) is -8.59. The number of hydrogen-bond acceptors (Lipinski definition) is 11. The van der Waals surface area contributed by atoms with E-state index in [0.29, 0.717) is 0 Å². The van der Waals surface area contributed by atoms with E-state index in [1.165, 1.54) is 13.8 Å². The molecule has 1 heterocycles. The van der Waals surface area contributed by atoms with Crippen LogP contribution in [0.3, 0.4) is 0 Å². The predicted octanol–water partition coefficient (Wildman–Crippen LogP) is 2.92. The Balaban J connectivity index is 1.46. The normalized spacial score (nSPS) is 23.7. The molecule has 0 bridgehead atoms. The largest absolute Gasteiger partial charge is 0.480 e. The Morgan fingerprint density at radius 1 is 0.818 bits per heavy atom. The Bertz CT molecular complexity index is 1360. The van der Waals surface area contributed by atoms with Crippen LogP contribution in [0.5, 0.6) is 0 Å². The van der Waals surface area contributed by atoms with Crippen LogP contribution in [0, 0.1) is 0 Å². The van der Waals surface area contributed by atoms with Gasteiger partial charge in [0.05, 0.1) is 12.2 Å². The third-order valence-corrected chi connectivity index (χ3v) is 7.33. The Morgan fingerprint density at radius 3 is 1.84 bits per heavy atom. The summed E-state index contributed by atoms with van der Waals surface area (Å²) in [5.41, 5.74) is 4.05. The molecule has 236 valence electrons. The van der Waals surface area contributed by atoms with Crippen LogP contribution >= 0.6 is 0 Å². The molecular weight excluding hydrogens is 578 g/mol. The highest BCUT2D eigenvalue weighted by atomic mass is 16.7. The molecule has 0 saturated carbocycles. The third-order valence-electron chi connectivity index (χ3n) is 7.33. The number of carboxylic acid groups (broad SMARTS) is 1. The average Bonchev–Trinajstić information content (AvgIpc) is 3.27. The summed E-state index contributed by atoms with van der Waals surface area (Å²) in [5, 5.41) is 12.3. The molecule has 1 fully saturated rings. The van der Waals surface area contributed by atoms with Gasteiger partial charge in [-0.05, 0) is 36.1 Å². The summed E-state index contributed by atoms with van der Waals surface area (Å²) in [6.45, 7) is 6.20. The summed E-state index contributed by atoms with van der Waals surface area (Å²) in [5.74, 6) is -3.93. The molecule has 7 atom stereocenters. The number of hydrogen-bond donors (Lipinski definition) is 2. The number of benzene rings is 2. The molecule has 2 aromatic carbocycles. The molecule has 0 aromatic heterocycles. The van der Waals surface area contributed by atoms with Crippen molar-refractivity contribution in [3.8, 4) is 11.1 Å². The number of rotatable bonds is 10. The quantitative estimate of drug-likeness (QED) is 0.297. The first-order valence-corrected chi connectivity index (χ1v) is 14.0. The fourth-order valence-electron chi connectivity index (χ4n) is 5.52. The number of ether oxygens (including phenoxy) is 6. The molecule has 0 spiro atoms. The van der Waals surface area contributed by atoms with Crippen molar-refractivity contribution in [3.05, 3.63) is 59.7 Å². The minimum atomic E-state index is -1.62. The Hall–Kier alpha value is -4.49. The molecule has 2 aliphatic rings. The average molecular weight is 614 g/mol. The molecule has 1 amide bonds. The van der Waals surface area contributed by atoms with Gasteiger partial charge in [0.1, 0.15) is 6.61 Å². The van der Waals surface area contributed by atoms with Crippen molar-refractivity contribution < 1.29 is 57.5 Å². The number of carboxylic acids is 1. The first kappa shape index (κ1) is 32.4. The van der Waals surface area contributed by atoms with Crippen LogP contribution in [-0.4, -0.2) is 84.5 Å². The fourth-order valence-corrected chi connectivity index (χ4v) is 5.52. The van der Waals surface area contributed by atoms with E-state index in [0.717, 1.165) is 43.0 Å². The lowest BCUT2D eigenvalue weighted by molar-refractivity contribution is -0.310. The molecule has 0 unspecified atom stereocenters. The topological polar surface area (TPSA) is 173 Å². The van der Waals surface area contributed by atoms with Crippen molar-refractivity contribution in [3.63, 3.8) is 0 Å². The van der Waals surface area contributed by atoms with Gasteiger partial charge in [-0.15, -0.1) is 0 Å². The molecule has 0 radical (unpaired) electrons. The van der Waals surface area contributed by atoms with Gasteiger partial charge in [-0.3, -0.25) is 14.4 Å². The second-order valence-electron chi connectivity index (χ2n) is 10.6. The van der Waals surface area contributed by atoms with E-state index < -0.39 is 72.8 Å². The summed E-state index contributed by atoms with van der Waals surface area (Å²) in [6, 6.07) is 13.9. The molecule has 13 nitrogen and oxygen atoms in total. The highest BCUT2D eigenvalue weighted by molar-refractivity contribution is 5.81. The van der Waals surface area contributed by atoms with E-state index >= 15 is 0 Å². The highest BCUT2D eigenvalue weighted by Crippen LogP contribution is 2.44. The zero-order valence-corrected chi connectivity index (χ0v) is 24.9. The van der Waals surface area contributed by atoms with Crippen molar-refractivity contribution >= 4 is 30.0 Å². The zero-order valence-electron chi connectivity index (χ0n) is 24.9. The lowest BCUT2D eigenvalue weighted by Crippen LogP contribution is -2.62. The van der Waals surface area contributed by atoms with E-state index in [1.54, 1.807) is 0 Å². The van der Waals surface area contributed by atoms with Gasteiger partial charge in [-0.2, -0.15) is 0 Å². The van der Waals surface area contributed by atoms with Crippen molar-refractivity contribution in [1.29, 1.82) is 0 Å².